The first-order valence-corrected chi connectivity index (χ1v) is 10.9. The molecule has 0 aromatic rings. The van der Waals surface area contributed by atoms with Crippen molar-refractivity contribution in [3.05, 3.63) is 23.9 Å². The van der Waals surface area contributed by atoms with E-state index < -0.39 is 0 Å². The maximum absolute atomic E-state index is 12.3. The molecule has 4 rings (SSSR count). The minimum atomic E-state index is 0.274. The van der Waals surface area contributed by atoms with E-state index in [9.17, 15) is 4.79 Å². The van der Waals surface area contributed by atoms with Crippen LogP contribution in [-0.4, -0.2) is 23.3 Å². The van der Waals surface area contributed by atoms with Crippen molar-refractivity contribution in [2.75, 3.05) is 6.54 Å². The molecule has 0 radical (unpaired) electrons. The zero-order valence-electron chi connectivity index (χ0n) is 16.0. The van der Waals surface area contributed by atoms with Gasteiger partial charge in [-0.1, -0.05) is 50.3 Å². The van der Waals surface area contributed by atoms with Crippen LogP contribution >= 0.6 is 0 Å². The predicted octanol–water partition coefficient (Wildman–Crippen LogP) is 5.50. The van der Waals surface area contributed by atoms with Crippen molar-refractivity contribution in [3.63, 3.8) is 0 Å². The Kier molecular flexibility index (Phi) is 5.33. The van der Waals surface area contributed by atoms with Crippen LogP contribution in [0.5, 0.6) is 0 Å². The van der Waals surface area contributed by atoms with Gasteiger partial charge in [-0.2, -0.15) is 0 Å². The van der Waals surface area contributed by atoms with Crippen LogP contribution in [0.25, 0.3) is 0 Å². The monoisotopic (exact) mass is 341 g/mol. The zero-order chi connectivity index (χ0) is 17.2. The molecule has 0 aromatic carbocycles. The Labute approximate surface area is 153 Å². The molecule has 25 heavy (non-hydrogen) atoms. The molecule has 0 bridgehead atoms. The van der Waals surface area contributed by atoms with E-state index in [0.29, 0.717) is 30.1 Å². The number of hydrogen-bond acceptors (Lipinski definition) is 2. The minimum absolute atomic E-state index is 0.274. The summed E-state index contributed by atoms with van der Waals surface area (Å²) in [6.07, 6.45) is 21.2. The summed E-state index contributed by atoms with van der Waals surface area (Å²) < 4.78 is 0. The van der Waals surface area contributed by atoms with E-state index >= 15 is 0 Å². The van der Waals surface area contributed by atoms with E-state index in [2.05, 4.69) is 30.1 Å². The molecular weight excluding hydrogens is 306 g/mol. The molecule has 138 valence electrons. The minimum Gasteiger partial charge on any atom is -0.372 e. The fourth-order valence-corrected chi connectivity index (χ4v) is 6.02. The molecule has 1 saturated carbocycles. The number of likely N-dealkylation sites (tertiary alicyclic amines) is 1. The predicted molar refractivity (Wildman–Crippen MR) is 103 cm³/mol. The lowest BCUT2D eigenvalue weighted by Gasteiger charge is -2.48. The largest absolute Gasteiger partial charge is 0.372 e. The Morgan fingerprint density at radius 2 is 1.92 bits per heavy atom. The van der Waals surface area contributed by atoms with Crippen molar-refractivity contribution in [2.24, 2.45) is 23.7 Å². The lowest BCUT2D eigenvalue weighted by atomic mass is 9.66. The molecule has 2 heteroatoms. The highest BCUT2D eigenvalue weighted by molar-refractivity contribution is 5.84. The second-order valence-electron chi connectivity index (χ2n) is 9.02. The summed E-state index contributed by atoms with van der Waals surface area (Å²) in [6.45, 7) is 3.64. The van der Waals surface area contributed by atoms with Gasteiger partial charge in [0.2, 0.25) is 0 Å². The van der Waals surface area contributed by atoms with Gasteiger partial charge >= 0.3 is 0 Å². The number of carbonyl (C=O) groups is 1. The molecule has 3 aliphatic carbocycles. The van der Waals surface area contributed by atoms with Crippen LogP contribution in [0, 0.1) is 23.7 Å². The smallest absolute Gasteiger partial charge is 0.140 e. The lowest BCUT2D eigenvalue weighted by Crippen LogP contribution is -2.46. The van der Waals surface area contributed by atoms with Gasteiger partial charge in [0, 0.05) is 36.5 Å². The molecule has 0 aromatic heterocycles. The quantitative estimate of drug-likeness (QED) is 0.630. The Morgan fingerprint density at radius 3 is 2.76 bits per heavy atom. The van der Waals surface area contributed by atoms with Crippen LogP contribution in [-0.2, 0) is 4.79 Å². The summed E-state index contributed by atoms with van der Waals surface area (Å²) in [4.78, 5) is 15.0. The van der Waals surface area contributed by atoms with Gasteiger partial charge in [-0.25, -0.2) is 0 Å². The van der Waals surface area contributed by atoms with Gasteiger partial charge in [-0.15, -0.1) is 0 Å². The fourth-order valence-electron chi connectivity index (χ4n) is 6.02. The molecule has 0 spiro atoms. The maximum Gasteiger partial charge on any atom is 0.140 e. The average Bonchev–Trinajstić information content (AvgIpc) is 2.64. The summed E-state index contributed by atoms with van der Waals surface area (Å²) in [6, 6.07) is 0.675. The summed E-state index contributed by atoms with van der Waals surface area (Å²) in [5.41, 5.74) is 1.59. The third-order valence-corrected chi connectivity index (χ3v) is 7.48. The van der Waals surface area contributed by atoms with E-state index in [1.165, 1.54) is 64.3 Å². The van der Waals surface area contributed by atoms with Crippen molar-refractivity contribution in [1.29, 1.82) is 0 Å². The van der Waals surface area contributed by atoms with E-state index in [0.717, 1.165) is 12.3 Å². The number of piperidine rings is 1. The van der Waals surface area contributed by atoms with Crippen molar-refractivity contribution in [3.8, 4) is 0 Å². The highest BCUT2D eigenvalue weighted by Gasteiger charge is 2.42. The van der Waals surface area contributed by atoms with Crippen LogP contribution in [0.15, 0.2) is 23.9 Å². The Morgan fingerprint density at radius 1 is 1.08 bits per heavy atom. The summed E-state index contributed by atoms with van der Waals surface area (Å²) in [7, 11) is 0. The molecule has 0 amide bonds. The maximum atomic E-state index is 12.3. The molecule has 4 atom stereocenters. The van der Waals surface area contributed by atoms with Crippen molar-refractivity contribution in [2.45, 2.75) is 83.6 Å². The second-order valence-corrected chi connectivity index (χ2v) is 9.02. The number of fused-ring (bicyclic) bond motifs is 3. The molecule has 1 heterocycles. The van der Waals surface area contributed by atoms with Gasteiger partial charge in [0.1, 0.15) is 5.78 Å². The van der Waals surface area contributed by atoms with Crippen molar-refractivity contribution < 1.29 is 4.79 Å². The Bertz CT molecular complexity index is 542. The van der Waals surface area contributed by atoms with Gasteiger partial charge in [-0.05, 0) is 50.9 Å². The van der Waals surface area contributed by atoms with Crippen molar-refractivity contribution >= 4 is 5.78 Å². The number of nitrogens with zero attached hydrogens (tertiary/aromatic N) is 1. The third-order valence-electron chi connectivity index (χ3n) is 7.48. The van der Waals surface area contributed by atoms with Crippen LogP contribution in [0.4, 0.5) is 0 Å². The highest BCUT2D eigenvalue weighted by atomic mass is 16.1. The zero-order valence-corrected chi connectivity index (χ0v) is 16.0. The van der Waals surface area contributed by atoms with Gasteiger partial charge < -0.3 is 4.90 Å². The molecule has 3 unspecified atom stereocenters. The van der Waals surface area contributed by atoms with Gasteiger partial charge in [0.15, 0.2) is 0 Å². The van der Waals surface area contributed by atoms with Crippen molar-refractivity contribution in [1.82, 2.24) is 4.90 Å². The van der Waals surface area contributed by atoms with Gasteiger partial charge in [0.05, 0.1) is 0 Å². The molecule has 4 aliphatic rings. The molecule has 1 saturated heterocycles. The second kappa shape index (κ2) is 7.68. The first-order chi connectivity index (χ1) is 12.2. The summed E-state index contributed by atoms with van der Waals surface area (Å²) in [5.74, 6) is 2.83. The standard InChI is InChI=1S/C23H35NO/c1-17-12-13-20-19-10-5-11-23(25)21(19)14-15-22(20)24(17)16-6-9-18-7-3-2-4-8-18/h5,10,15,17-21H,2-4,6-9,11-14,16H2,1H3/t17?,19?,20-,21?/m0/s1. The highest BCUT2D eigenvalue weighted by Crippen LogP contribution is 2.46. The number of allylic oxidation sites excluding steroid dienone is 4. The molecule has 0 N–H and O–H groups in total. The molecule has 2 nitrogen and oxygen atoms in total. The topological polar surface area (TPSA) is 20.3 Å². The SMILES string of the molecule is CC1CC[C@@H]2C(=CCC3C(=O)CC=CC32)N1CCCC1CCCCC1. The summed E-state index contributed by atoms with van der Waals surface area (Å²) in [5, 5.41) is 0. The first-order valence-electron chi connectivity index (χ1n) is 10.9. The molecule has 2 fully saturated rings. The number of hydrogen-bond donors (Lipinski definition) is 0. The van der Waals surface area contributed by atoms with E-state index in [-0.39, 0.29) is 5.92 Å². The van der Waals surface area contributed by atoms with Gasteiger partial charge in [0.25, 0.3) is 0 Å². The normalized spacial score (nSPS) is 36.0. The van der Waals surface area contributed by atoms with Gasteiger partial charge in [-0.3, -0.25) is 4.79 Å². The van der Waals surface area contributed by atoms with Crippen LogP contribution in [0.1, 0.15) is 77.6 Å². The van der Waals surface area contributed by atoms with Crippen LogP contribution in [0.3, 0.4) is 0 Å². The van der Waals surface area contributed by atoms with Crippen LogP contribution in [0.2, 0.25) is 0 Å². The molecule has 1 aliphatic heterocycles. The third kappa shape index (κ3) is 3.59. The van der Waals surface area contributed by atoms with E-state index in [1.807, 2.05) is 0 Å². The average molecular weight is 342 g/mol. The Hall–Kier alpha value is -1.05. The number of rotatable bonds is 4. The summed E-state index contributed by atoms with van der Waals surface area (Å²) >= 11 is 0. The number of ketones is 1. The lowest BCUT2D eigenvalue weighted by molar-refractivity contribution is -0.124. The number of Topliss-reactive ketones (excluding diaryl/α,β-unsaturated/α-hetero) is 1. The fraction of sp³-hybridized carbons (Fsp3) is 0.783. The molecular formula is C23H35NO. The van der Waals surface area contributed by atoms with E-state index in [4.69, 9.17) is 0 Å². The number of carbonyl (C=O) groups excluding carboxylic acids is 1. The Balaban J connectivity index is 1.41. The van der Waals surface area contributed by atoms with E-state index in [1.54, 1.807) is 5.70 Å². The van der Waals surface area contributed by atoms with Crippen LogP contribution < -0.4 is 0 Å². The first kappa shape index (κ1) is 17.4.